The SMILES string of the molecule is CCOC(=O)C(NC(=O)OC(C)(C)C)c1cn(S(=O)(=O)c2ccc(C)cc2)c2c(OC)ccc(C#C[Si](C(C)C)(C(C)C)C(C)C)c12. The molecule has 0 aliphatic heterocycles. The van der Waals surface area contributed by atoms with Gasteiger partial charge in [-0.1, -0.05) is 65.2 Å². The first kappa shape index (κ1) is 37.7. The molecule has 0 aliphatic carbocycles. The van der Waals surface area contributed by atoms with E-state index < -0.39 is 41.8 Å². The van der Waals surface area contributed by atoms with Crippen LogP contribution in [0.5, 0.6) is 5.75 Å². The fraction of sp³-hybridized carbons (Fsp3) is 0.500. The topological polar surface area (TPSA) is 113 Å². The van der Waals surface area contributed by atoms with Crippen molar-refractivity contribution in [2.24, 2.45) is 0 Å². The molecule has 2 aromatic carbocycles. The van der Waals surface area contributed by atoms with Crippen LogP contribution in [0.1, 0.15) is 92.0 Å². The van der Waals surface area contributed by atoms with E-state index in [-0.39, 0.29) is 28.3 Å². The minimum Gasteiger partial charge on any atom is -0.495 e. The number of benzene rings is 2. The van der Waals surface area contributed by atoms with Gasteiger partial charge in [-0.15, -0.1) is 5.54 Å². The number of hydrogen-bond donors (Lipinski definition) is 1. The van der Waals surface area contributed by atoms with Crippen molar-refractivity contribution in [3.05, 3.63) is 59.3 Å². The number of methoxy groups -OCH3 is 1. The van der Waals surface area contributed by atoms with E-state index in [2.05, 4.69) is 58.3 Å². The third-order valence-electron chi connectivity index (χ3n) is 8.48. The first-order valence-electron chi connectivity index (χ1n) is 16.0. The molecule has 0 saturated carbocycles. The van der Waals surface area contributed by atoms with Gasteiger partial charge in [0.2, 0.25) is 0 Å². The highest BCUT2D eigenvalue weighted by Crippen LogP contribution is 2.42. The predicted molar refractivity (Wildman–Crippen MR) is 189 cm³/mol. The molecule has 47 heavy (non-hydrogen) atoms. The standard InChI is InChI=1S/C36H50N2O7SSi/c1-13-44-34(39)32(37-35(40)45-36(9,10)11)29-22-38(46(41,42)28-17-14-26(8)15-18-28)33-30(43-12)19-16-27(31(29)33)20-21-47(23(2)3,24(4)5)25(6)7/h14-19,22-25,32H,13H2,1-12H3,(H,37,40). The van der Waals surface area contributed by atoms with Crippen LogP contribution in [-0.2, 0) is 24.3 Å². The number of rotatable bonds is 10. The number of carbonyl (C=O) groups excluding carboxylic acids is 2. The Labute approximate surface area is 281 Å². The van der Waals surface area contributed by atoms with E-state index in [0.29, 0.717) is 27.6 Å². The molecule has 3 aromatic rings. The first-order chi connectivity index (χ1) is 21.8. The Bertz CT molecular complexity index is 1750. The lowest BCUT2D eigenvalue weighted by Crippen LogP contribution is -2.43. The third kappa shape index (κ3) is 7.87. The summed E-state index contributed by atoms with van der Waals surface area (Å²) in [5, 5.41) is 3.01. The quantitative estimate of drug-likeness (QED) is 0.131. The monoisotopic (exact) mass is 682 g/mol. The van der Waals surface area contributed by atoms with Crippen LogP contribution < -0.4 is 10.1 Å². The first-order valence-corrected chi connectivity index (χ1v) is 19.7. The van der Waals surface area contributed by atoms with Gasteiger partial charge < -0.3 is 19.5 Å². The zero-order chi connectivity index (χ0) is 35.5. The van der Waals surface area contributed by atoms with Crippen molar-refractivity contribution in [3.63, 3.8) is 0 Å². The normalized spacial score (nSPS) is 13.0. The molecule has 11 heteroatoms. The van der Waals surface area contributed by atoms with Gasteiger partial charge in [-0.3, -0.25) is 0 Å². The maximum atomic E-state index is 14.3. The van der Waals surface area contributed by atoms with Gasteiger partial charge in [-0.05, 0) is 75.5 Å². The number of amides is 1. The van der Waals surface area contributed by atoms with E-state index in [4.69, 9.17) is 14.2 Å². The molecular formula is C36H50N2O7SSi. The molecule has 0 bridgehead atoms. The molecule has 9 nitrogen and oxygen atoms in total. The average molecular weight is 683 g/mol. The number of alkyl carbamates (subject to hydrolysis) is 1. The van der Waals surface area contributed by atoms with Gasteiger partial charge in [0.05, 0.1) is 18.6 Å². The Kier molecular flexibility index (Phi) is 11.7. The number of ether oxygens (including phenoxy) is 3. The smallest absolute Gasteiger partial charge is 0.408 e. The minimum absolute atomic E-state index is 0.0346. The molecule has 0 radical (unpaired) electrons. The van der Waals surface area contributed by atoms with Crippen molar-refractivity contribution in [1.82, 2.24) is 9.29 Å². The summed E-state index contributed by atoms with van der Waals surface area (Å²) in [6, 6.07) is 8.53. The Hall–Kier alpha value is -3.75. The number of nitrogens with zero attached hydrogens (tertiary/aromatic N) is 1. The Morgan fingerprint density at radius 2 is 1.53 bits per heavy atom. The number of aryl methyl sites for hydroxylation is 1. The maximum Gasteiger partial charge on any atom is 0.408 e. The number of carbonyl (C=O) groups is 2. The molecule has 1 amide bonds. The van der Waals surface area contributed by atoms with Gasteiger partial charge in [0.15, 0.2) is 6.04 Å². The number of nitrogens with one attached hydrogen (secondary N) is 1. The summed E-state index contributed by atoms with van der Waals surface area (Å²) < 4.78 is 46.4. The molecule has 1 heterocycles. The molecule has 1 unspecified atom stereocenters. The molecule has 0 aliphatic rings. The minimum atomic E-state index is -4.22. The lowest BCUT2D eigenvalue weighted by atomic mass is 10.0. The van der Waals surface area contributed by atoms with Crippen LogP contribution in [-0.4, -0.2) is 51.8 Å². The molecule has 256 valence electrons. The summed E-state index contributed by atoms with van der Waals surface area (Å²) in [7, 11) is -5.01. The number of esters is 1. The van der Waals surface area contributed by atoms with Crippen molar-refractivity contribution in [2.45, 2.75) is 109 Å². The summed E-state index contributed by atoms with van der Waals surface area (Å²) >= 11 is 0. The van der Waals surface area contributed by atoms with Crippen LogP contribution in [0.15, 0.2) is 47.5 Å². The third-order valence-corrected chi connectivity index (χ3v) is 16.4. The van der Waals surface area contributed by atoms with E-state index >= 15 is 0 Å². The van der Waals surface area contributed by atoms with Crippen LogP contribution >= 0.6 is 0 Å². The molecule has 0 saturated heterocycles. The Balaban J connectivity index is 2.53. The summed E-state index contributed by atoms with van der Waals surface area (Å²) in [6.45, 7) is 21.9. The zero-order valence-corrected chi connectivity index (χ0v) is 31.6. The lowest BCUT2D eigenvalue weighted by Gasteiger charge is -2.38. The highest BCUT2D eigenvalue weighted by Gasteiger charge is 2.42. The van der Waals surface area contributed by atoms with Crippen LogP contribution in [0.3, 0.4) is 0 Å². The fourth-order valence-corrected chi connectivity index (χ4v) is 13.0. The predicted octanol–water partition coefficient (Wildman–Crippen LogP) is 7.89. The van der Waals surface area contributed by atoms with Gasteiger partial charge in [0, 0.05) is 22.7 Å². The van der Waals surface area contributed by atoms with Crippen molar-refractivity contribution in [3.8, 4) is 17.2 Å². The van der Waals surface area contributed by atoms with Crippen molar-refractivity contribution in [1.29, 1.82) is 0 Å². The second-order valence-electron chi connectivity index (χ2n) is 13.7. The molecule has 1 aromatic heterocycles. The Morgan fingerprint density at radius 3 is 2.02 bits per heavy atom. The molecule has 0 spiro atoms. The molecule has 3 rings (SSSR count). The molecule has 1 N–H and O–H groups in total. The summed E-state index contributed by atoms with van der Waals surface area (Å²) in [5.74, 6) is 2.93. The molecule has 1 atom stereocenters. The second-order valence-corrected chi connectivity index (χ2v) is 21.1. The van der Waals surface area contributed by atoms with Crippen molar-refractivity contribution < 1.29 is 32.2 Å². The summed E-state index contributed by atoms with van der Waals surface area (Å²) in [5.41, 5.74) is 5.68. The van der Waals surface area contributed by atoms with Gasteiger partial charge in [0.1, 0.15) is 24.9 Å². The number of fused-ring (bicyclic) bond motifs is 1. The lowest BCUT2D eigenvalue weighted by molar-refractivity contribution is -0.145. The molecular weight excluding hydrogens is 633 g/mol. The van der Waals surface area contributed by atoms with Gasteiger partial charge in [-0.25, -0.2) is 22.0 Å². The van der Waals surface area contributed by atoms with E-state index in [0.717, 1.165) is 9.54 Å². The van der Waals surface area contributed by atoms with Crippen LogP contribution in [0.25, 0.3) is 10.9 Å². The fourth-order valence-electron chi connectivity index (χ4n) is 6.36. The van der Waals surface area contributed by atoms with Gasteiger partial charge in [-0.2, -0.15) is 0 Å². The van der Waals surface area contributed by atoms with Crippen LogP contribution in [0, 0.1) is 18.4 Å². The summed E-state index contributed by atoms with van der Waals surface area (Å²) in [4.78, 5) is 26.8. The van der Waals surface area contributed by atoms with E-state index in [1.165, 1.54) is 25.4 Å². The number of aromatic nitrogens is 1. The van der Waals surface area contributed by atoms with Gasteiger partial charge in [0.25, 0.3) is 10.0 Å². The highest BCUT2D eigenvalue weighted by atomic mass is 32.2. The second kappa shape index (κ2) is 14.6. The van der Waals surface area contributed by atoms with E-state index in [1.807, 2.05) is 6.92 Å². The van der Waals surface area contributed by atoms with Crippen molar-refractivity contribution in [2.75, 3.05) is 13.7 Å². The van der Waals surface area contributed by atoms with E-state index in [1.54, 1.807) is 52.0 Å². The number of hydrogen-bond acceptors (Lipinski definition) is 7. The zero-order valence-electron chi connectivity index (χ0n) is 29.8. The van der Waals surface area contributed by atoms with Crippen LogP contribution in [0.4, 0.5) is 4.79 Å². The summed E-state index contributed by atoms with van der Waals surface area (Å²) in [6.07, 6.45) is 0.490. The highest BCUT2D eigenvalue weighted by molar-refractivity contribution is 7.90. The maximum absolute atomic E-state index is 14.3. The van der Waals surface area contributed by atoms with Gasteiger partial charge >= 0.3 is 12.1 Å². The average Bonchev–Trinajstić information content (AvgIpc) is 3.37. The van der Waals surface area contributed by atoms with Crippen molar-refractivity contribution >= 4 is 41.1 Å². The van der Waals surface area contributed by atoms with E-state index in [9.17, 15) is 18.0 Å². The largest absolute Gasteiger partial charge is 0.495 e. The molecule has 0 fully saturated rings. The Morgan fingerprint density at radius 1 is 0.957 bits per heavy atom. The van der Waals surface area contributed by atoms with Crippen LogP contribution in [0.2, 0.25) is 16.6 Å².